The summed E-state index contributed by atoms with van der Waals surface area (Å²) < 4.78 is 11.4. The van der Waals surface area contributed by atoms with Crippen LogP contribution in [0.4, 0.5) is 4.79 Å². The molecule has 0 spiro atoms. The fraction of sp³-hybridized carbons (Fsp3) is 0.556. The summed E-state index contributed by atoms with van der Waals surface area (Å²) in [6.07, 6.45) is 12.6. The highest BCUT2D eigenvalue weighted by molar-refractivity contribution is 8.13. The first-order valence-corrected chi connectivity index (χ1v) is 13.3. The summed E-state index contributed by atoms with van der Waals surface area (Å²) in [4.78, 5) is 28.1. The van der Waals surface area contributed by atoms with E-state index in [-0.39, 0.29) is 23.3 Å². The van der Waals surface area contributed by atoms with E-state index in [4.69, 9.17) is 9.47 Å². The van der Waals surface area contributed by atoms with Crippen LogP contribution in [0.3, 0.4) is 0 Å². The number of benzene rings is 1. The number of fused-ring (bicyclic) bond motifs is 2. The molecule has 0 aliphatic carbocycles. The lowest BCUT2D eigenvalue weighted by Crippen LogP contribution is -2.65. The van der Waals surface area contributed by atoms with Gasteiger partial charge >= 0.3 is 0 Å². The number of thioether (sulfide) groups is 1. The van der Waals surface area contributed by atoms with Gasteiger partial charge in [0.15, 0.2) is 0 Å². The van der Waals surface area contributed by atoms with Crippen molar-refractivity contribution in [2.24, 2.45) is 0 Å². The SMILES string of the molecule is COc1ccc(CN2C(=O)SC[C@H]2C23CCOC(CCCC=CCCC(C)=CC(=O)N2)C3)cc1. The van der Waals surface area contributed by atoms with Crippen LogP contribution < -0.4 is 10.1 Å². The van der Waals surface area contributed by atoms with Crippen molar-refractivity contribution in [2.45, 2.75) is 76.1 Å². The molecular formula is C27H36N2O4S. The molecule has 2 fully saturated rings. The predicted octanol–water partition coefficient (Wildman–Crippen LogP) is 5.23. The van der Waals surface area contributed by atoms with E-state index in [1.807, 2.05) is 36.1 Å². The van der Waals surface area contributed by atoms with Gasteiger partial charge in [0.25, 0.3) is 5.24 Å². The van der Waals surface area contributed by atoms with Gasteiger partial charge in [-0.15, -0.1) is 0 Å². The van der Waals surface area contributed by atoms with Crippen molar-refractivity contribution in [3.8, 4) is 5.75 Å². The van der Waals surface area contributed by atoms with E-state index in [1.54, 1.807) is 13.2 Å². The molecule has 0 radical (unpaired) electrons. The number of amides is 2. The lowest BCUT2D eigenvalue weighted by atomic mass is 9.78. The standard InChI is InChI=1S/C27H36N2O4S/c1-20-8-6-4-3-5-7-9-23-17-27(14-15-33-23,28-25(30)16-20)24-19-34-26(31)29(24)18-21-10-12-22(32-2)13-11-21/h3-4,10-13,16,23-24H,5-9,14-15,17-19H2,1-2H3,(H,28,30)/t23?,24-,27?/m0/s1. The maximum absolute atomic E-state index is 13.2. The number of hydrogen-bond donors (Lipinski definition) is 1. The molecule has 0 saturated carbocycles. The molecule has 2 amide bonds. The molecular weight excluding hydrogens is 448 g/mol. The predicted molar refractivity (Wildman–Crippen MR) is 136 cm³/mol. The van der Waals surface area contributed by atoms with Crippen LogP contribution >= 0.6 is 11.8 Å². The highest BCUT2D eigenvalue weighted by atomic mass is 32.2. The Kier molecular flexibility index (Phi) is 8.37. The summed E-state index contributed by atoms with van der Waals surface area (Å²) in [6.45, 7) is 3.13. The molecule has 3 heterocycles. The fourth-order valence-corrected chi connectivity index (χ4v) is 6.41. The van der Waals surface area contributed by atoms with E-state index < -0.39 is 5.54 Å². The molecule has 4 rings (SSSR count). The normalized spacial score (nSPS) is 28.8. The van der Waals surface area contributed by atoms with E-state index in [2.05, 4.69) is 17.5 Å². The number of carbonyl (C=O) groups is 2. The second kappa shape index (κ2) is 11.5. The van der Waals surface area contributed by atoms with E-state index in [1.165, 1.54) is 11.8 Å². The van der Waals surface area contributed by atoms with Crippen molar-refractivity contribution < 1.29 is 19.1 Å². The van der Waals surface area contributed by atoms with Gasteiger partial charge in [-0.3, -0.25) is 9.59 Å². The number of allylic oxidation sites excluding steroid dienone is 3. The first kappa shape index (κ1) is 24.9. The zero-order chi connectivity index (χ0) is 24.0. The van der Waals surface area contributed by atoms with Crippen LogP contribution in [-0.2, 0) is 16.1 Å². The Bertz CT molecular complexity index is 929. The molecule has 34 heavy (non-hydrogen) atoms. The van der Waals surface area contributed by atoms with Crippen molar-refractivity contribution in [3.63, 3.8) is 0 Å². The number of ether oxygens (including phenoxy) is 2. The molecule has 2 bridgehead atoms. The number of nitrogens with zero attached hydrogens (tertiary/aromatic N) is 1. The third-order valence-corrected chi connectivity index (χ3v) is 8.10. The quantitative estimate of drug-likeness (QED) is 0.593. The molecule has 3 aliphatic heterocycles. The lowest BCUT2D eigenvalue weighted by molar-refractivity contribution is -0.122. The topological polar surface area (TPSA) is 67.9 Å². The summed E-state index contributed by atoms with van der Waals surface area (Å²) >= 11 is 1.36. The average molecular weight is 485 g/mol. The summed E-state index contributed by atoms with van der Waals surface area (Å²) in [5.74, 6) is 1.41. The van der Waals surface area contributed by atoms with Gasteiger partial charge in [0.1, 0.15) is 5.75 Å². The van der Waals surface area contributed by atoms with Crippen LogP contribution in [0.15, 0.2) is 48.1 Å². The Hall–Kier alpha value is -2.25. The van der Waals surface area contributed by atoms with Crippen LogP contribution in [0, 0.1) is 0 Å². The summed E-state index contributed by atoms with van der Waals surface area (Å²) in [5, 5.41) is 3.47. The van der Waals surface area contributed by atoms with Crippen LogP contribution in [0.25, 0.3) is 0 Å². The molecule has 2 unspecified atom stereocenters. The minimum atomic E-state index is -0.498. The summed E-state index contributed by atoms with van der Waals surface area (Å²) in [6, 6.07) is 7.77. The van der Waals surface area contributed by atoms with Crippen LogP contribution in [0.2, 0.25) is 0 Å². The second-order valence-electron chi connectivity index (χ2n) is 9.59. The highest BCUT2D eigenvalue weighted by Crippen LogP contribution is 2.40. The first-order valence-electron chi connectivity index (χ1n) is 12.3. The molecule has 1 aromatic rings. The third kappa shape index (κ3) is 6.05. The molecule has 0 aromatic heterocycles. The van der Waals surface area contributed by atoms with E-state index in [0.717, 1.165) is 55.4 Å². The van der Waals surface area contributed by atoms with E-state index in [9.17, 15) is 9.59 Å². The van der Waals surface area contributed by atoms with Gasteiger partial charge < -0.3 is 19.7 Å². The van der Waals surface area contributed by atoms with E-state index in [0.29, 0.717) is 25.3 Å². The summed E-state index contributed by atoms with van der Waals surface area (Å²) in [5.41, 5.74) is 1.63. The Balaban J connectivity index is 1.61. The Morgan fingerprint density at radius 2 is 2.00 bits per heavy atom. The zero-order valence-corrected chi connectivity index (χ0v) is 21.1. The Labute approximate surface area is 207 Å². The van der Waals surface area contributed by atoms with Gasteiger partial charge in [0.2, 0.25) is 5.91 Å². The van der Waals surface area contributed by atoms with E-state index >= 15 is 0 Å². The number of carbonyl (C=O) groups excluding carboxylic acids is 2. The molecule has 1 aromatic carbocycles. The number of nitrogens with one attached hydrogen (secondary N) is 1. The minimum Gasteiger partial charge on any atom is -0.497 e. The second-order valence-corrected chi connectivity index (χ2v) is 10.6. The first-order chi connectivity index (χ1) is 16.5. The van der Waals surface area contributed by atoms with Crippen LogP contribution in [0.1, 0.15) is 57.4 Å². The van der Waals surface area contributed by atoms with Crippen molar-refractivity contribution >= 4 is 22.9 Å². The van der Waals surface area contributed by atoms with Crippen molar-refractivity contribution in [3.05, 3.63) is 53.6 Å². The average Bonchev–Trinajstić information content (AvgIpc) is 3.19. The number of hydrogen-bond acceptors (Lipinski definition) is 5. The van der Waals surface area contributed by atoms with Crippen molar-refractivity contribution in [1.82, 2.24) is 10.2 Å². The molecule has 3 aliphatic rings. The minimum absolute atomic E-state index is 0.0621. The van der Waals surface area contributed by atoms with Gasteiger partial charge in [0, 0.05) is 25.0 Å². The largest absolute Gasteiger partial charge is 0.497 e. The van der Waals surface area contributed by atoms with Gasteiger partial charge in [-0.1, -0.05) is 41.6 Å². The molecule has 3 atom stereocenters. The Morgan fingerprint density at radius 3 is 2.79 bits per heavy atom. The molecule has 184 valence electrons. The van der Waals surface area contributed by atoms with Crippen molar-refractivity contribution in [1.29, 1.82) is 0 Å². The number of methoxy groups -OCH3 is 1. The number of rotatable bonds is 4. The maximum atomic E-state index is 13.2. The van der Waals surface area contributed by atoms with Gasteiger partial charge in [-0.25, -0.2) is 0 Å². The van der Waals surface area contributed by atoms with Gasteiger partial charge in [0.05, 0.1) is 24.8 Å². The molecule has 2 saturated heterocycles. The highest BCUT2D eigenvalue weighted by Gasteiger charge is 2.50. The van der Waals surface area contributed by atoms with Crippen LogP contribution in [-0.4, -0.2) is 53.2 Å². The third-order valence-electron chi connectivity index (χ3n) is 7.14. The lowest BCUT2D eigenvalue weighted by Gasteiger charge is -2.47. The van der Waals surface area contributed by atoms with Crippen molar-refractivity contribution in [2.75, 3.05) is 19.5 Å². The molecule has 1 N–H and O–H groups in total. The Morgan fingerprint density at radius 1 is 1.21 bits per heavy atom. The maximum Gasteiger partial charge on any atom is 0.282 e. The zero-order valence-electron chi connectivity index (χ0n) is 20.3. The molecule has 7 heteroatoms. The monoisotopic (exact) mass is 484 g/mol. The van der Waals surface area contributed by atoms with Crippen LogP contribution in [0.5, 0.6) is 5.75 Å². The molecule has 6 nitrogen and oxygen atoms in total. The summed E-state index contributed by atoms with van der Waals surface area (Å²) in [7, 11) is 1.65. The van der Waals surface area contributed by atoms with Gasteiger partial charge in [-0.05, 0) is 69.6 Å². The smallest absolute Gasteiger partial charge is 0.282 e. The fourth-order valence-electron chi connectivity index (χ4n) is 5.26. The van der Waals surface area contributed by atoms with Gasteiger partial charge in [-0.2, -0.15) is 0 Å².